The van der Waals surface area contributed by atoms with E-state index in [-0.39, 0.29) is 17.0 Å². The van der Waals surface area contributed by atoms with Gasteiger partial charge in [0.05, 0.1) is 5.25 Å². The van der Waals surface area contributed by atoms with Crippen LogP contribution in [0.3, 0.4) is 0 Å². The predicted octanol–water partition coefficient (Wildman–Crippen LogP) is 4.24. The molecule has 0 aromatic heterocycles. The second-order valence-corrected chi connectivity index (χ2v) is 7.51. The van der Waals surface area contributed by atoms with Gasteiger partial charge in [-0.1, -0.05) is 31.4 Å². The average molecular weight is 309 g/mol. The lowest BCUT2D eigenvalue weighted by Gasteiger charge is -2.26. The summed E-state index contributed by atoms with van der Waals surface area (Å²) in [6.07, 6.45) is 6.38. The van der Waals surface area contributed by atoms with E-state index in [1.807, 2.05) is 13.0 Å². The van der Waals surface area contributed by atoms with E-state index in [2.05, 4.69) is 0 Å². The van der Waals surface area contributed by atoms with Crippen LogP contribution in [0.5, 0.6) is 0 Å². The zero-order chi connectivity index (χ0) is 15.2. The first-order valence-corrected chi connectivity index (χ1v) is 8.65. The second-order valence-electron chi connectivity index (χ2n) is 5.86. The number of thioether (sulfide) groups is 1. The number of hydrogen-bond acceptors (Lipinski definition) is 2. The van der Waals surface area contributed by atoms with Crippen LogP contribution in [0.15, 0.2) is 24.3 Å². The summed E-state index contributed by atoms with van der Waals surface area (Å²) in [5, 5.41) is 0.604. The minimum Gasteiger partial charge on any atom is -0.340 e. The van der Waals surface area contributed by atoms with Gasteiger partial charge in [0.15, 0.2) is 0 Å². The molecule has 1 aromatic rings. The van der Waals surface area contributed by atoms with E-state index in [1.165, 1.54) is 44.2 Å². The van der Waals surface area contributed by atoms with Gasteiger partial charge >= 0.3 is 0 Å². The summed E-state index contributed by atoms with van der Waals surface area (Å²) in [6, 6.07) is 6.45. The third-order valence-corrected chi connectivity index (χ3v) is 5.45. The highest BCUT2D eigenvalue weighted by Gasteiger charge is 2.23. The molecule has 1 atom stereocenters. The largest absolute Gasteiger partial charge is 0.340 e. The van der Waals surface area contributed by atoms with Crippen molar-refractivity contribution < 1.29 is 9.18 Å². The van der Waals surface area contributed by atoms with Crippen LogP contribution < -0.4 is 0 Å². The van der Waals surface area contributed by atoms with Crippen LogP contribution >= 0.6 is 11.8 Å². The molecule has 1 aliphatic rings. The predicted molar refractivity (Wildman–Crippen MR) is 86.8 cm³/mol. The first kappa shape index (κ1) is 16.3. The van der Waals surface area contributed by atoms with Crippen molar-refractivity contribution in [3.05, 3.63) is 35.6 Å². The van der Waals surface area contributed by atoms with E-state index in [0.717, 1.165) is 5.56 Å². The van der Waals surface area contributed by atoms with Crippen LogP contribution in [-0.2, 0) is 11.3 Å². The van der Waals surface area contributed by atoms with Crippen molar-refractivity contribution in [3.63, 3.8) is 0 Å². The maximum Gasteiger partial charge on any atom is 0.235 e. The summed E-state index contributed by atoms with van der Waals surface area (Å²) in [5.74, 6) is -0.118. The van der Waals surface area contributed by atoms with Gasteiger partial charge in [0, 0.05) is 18.8 Å². The van der Waals surface area contributed by atoms with Crippen molar-refractivity contribution in [3.8, 4) is 0 Å². The monoisotopic (exact) mass is 309 g/mol. The Morgan fingerprint density at radius 3 is 2.76 bits per heavy atom. The van der Waals surface area contributed by atoms with Crippen molar-refractivity contribution in [2.24, 2.45) is 0 Å². The van der Waals surface area contributed by atoms with E-state index in [1.54, 1.807) is 29.8 Å². The summed E-state index contributed by atoms with van der Waals surface area (Å²) >= 11 is 1.81. The maximum absolute atomic E-state index is 13.2. The summed E-state index contributed by atoms with van der Waals surface area (Å²) in [4.78, 5) is 14.1. The number of amides is 1. The van der Waals surface area contributed by atoms with Gasteiger partial charge in [0.1, 0.15) is 5.82 Å². The van der Waals surface area contributed by atoms with Crippen molar-refractivity contribution in [1.29, 1.82) is 0 Å². The SMILES string of the molecule is CC(SC1CCCCC1)C(=O)N(C)Cc1cccc(F)c1. The summed E-state index contributed by atoms with van der Waals surface area (Å²) in [6.45, 7) is 2.45. The number of carbonyl (C=O) groups is 1. The molecule has 2 nitrogen and oxygen atoms in total. The molecule has 2 rings (SSSR count). The minimum absolute atomic E-state index is 0.0216. The molecule has 1 saturated carbocycles. The second kappa shape index (κ2) is 7.83. The summed E-state index contributed by atoms with van der Waals surface area (Å²) in [5.41, 5.74) is 0.834. The summed E-state index contributed by atoms with van der Waals surface area (Å²) in [7, 11) is 1.80. The third-order valence-electron chi connectivity index (χ3n) is 3.98. The molecule has 0 spiro atoms. The molecule has 1 unspecified atom stereocenters. The topological polar surface area (TPSA) is 20.3 Å². The van der Waals surface area contributed by atoms with E-state index in [0.29, 0.717) is 11.8 Å². The van der Waals surface area contributed by atoms with Crippen LogP contribution in [0.4, 0.5) is 4.39 Å². The van der Waals surface area contributed by atoms with Crippen LogP contribution in [0.2, 0.25) is 0 Å². The highest BCUT2D eigenvalue weighted by molar-refractivity contribution is 8.01. The van der Waals surface area contributed by atoms with E-state index < -0.39 is 0 Å². The fourth-order valence-corrected chi connectivity index (χ4v) is 4.32. The Morgan fingerprint density at radius 1 is 1.38 bits per heavy atom. The van der Waals surface area contributed by atoms with Gasteiger partial charge in [-0.05, 0) is 37.5 Å². The van der Waals surface area contributed by atoms with Gasteiger partial charge in [0.25, 0.3) is 0 Å². The van der Waals surface area contributed by atoms with Crippen molar-refractivity contribution >= 4 is 17.7 Å². The van der Waals surface area contributed by atoms with Gasteiger partial charge in [-0.25, -0.2) is 4.39 Å². The van der Waals surface area contributed by atoms with E-state index in [4.69, 9.17) is 0 Å². The zero-order valence-electron chi connectivity index (χ0n) is 12.8. The molecule has 0 heterocycles. The first-order valence-electron chi connectivity index (χ1n) is 7.71. The van der Waals surface area contributed by atoms with Crippen molar-refractivity contribution in [2.75, 3.05) is 7.05 Å². The third kappa shape index (κ3) is 5.03. The average Bonchev–Trinajstić information content (AvgIpc) is 2.47. The molecule has 1 aliphatic carbocycles. The fraction of sp³-hybridized carbons (Fsp3) is 0.588. The molecule has 0 N–H and O–H groups in total. The van der Waals surface area contributed by atoms with Gasteiger partial charge in [-0.3, -0.25) is 4.79 Å². The number of nitrogens with zero attached hydrogens (tertiary/aromatic N) is 1. The lowest BCUT2D eigenvalue weighted by Crippen LogP contribution is -2.34. The van der Waals surface area contributed by atoms with Crippen LogP contribution in [0.1, 0.15) is 44.6 Å². The number of halogens is 1. The fourth-order valence-electron chi connectivity index (χ4n) is 2.85. The molecule has 0 bridgehead atoms. The van der Waals surface area contributed by atoms with Gasteiger partial charge in [-0.15, -0.1) is 11.8 Å². The van der Waals surface area contributed by atoms with E-state index in [9.17, 15) is 9.18 Å². The highest BCUT2D eigenvalue weighted by Crippen LogP contribution is 2.31. The van der Waals surface area contributed by atoms with Gasteiger partial charge < -0.3 is 4.90 Å². The zero-order valence-corrected chi connectivity index (χ0v) is 13.7. The quantitative estimate of drug-likeness (QED) is 0.811. The molecule has 116 valence electrons. The Labute approximate surface area is 131 Å². The Morgan fingerprint density at radius 2 is 2.10 bits per heavy atom. The van der Waals surface area contributed by atoms with Gasteiger partial charge in [-0.2, -0.15) is 0 Å². The Balaban J connectivity index is 1.85. The van der Waals surface area contributed by atoms with Gasteiger partial charge in [0.2, 0.25) is 5.91 Å². The normalized spacial score (nSPS) is 17.5. The number of benzene rings is 1. The minimum atomic E-state index is -0.252. The lowest BCUT2D eigenvalue weighted by atomic mass is 10.0. The Bertz CT molecular complexity index is 474. The molecular weight excluding hydrogens is 285 g/mol. The highest BCUT2D eigenvalue weighted by atomic mass is 32.2. The number of rotatable bonds is 5. The smallest absolute Gasteiger partial charge is 0.235 e. The molecular formula is C17H24FNOS. The molecule has 0 saturated heterocycles. The molecule has 1 aromatic carbocycles. The van der Waals surface area contributed by atoms with Crippen LogP contribution in [0.25, 0.3) is 0 Å². The molecule has 1 amide bonds. The number of carbonyl (C=O) groups excluding carboxylic acids is 1. The Kier molecular flexibility index (Phi) is 6.09. The molecule has 0 aliphatic heterocycles. The Hall–Kier alpha value is -1.03. The standard InChI is InChI=1S/C17H24FNOS/c1-13(21-16-9-4-3-5-10-16)17(20)19(2)12-14-7-6-8-15(18)11-14/h6-8,11,13,16H,3-5,9-10,12H2,1-2H3. The van der Waals surface area contributed by atoms with Crippen LogP contribution in [-0.4, -0.2) is 28.4 Å². The summed E-state index contributed by atoms with van der Waals surface area (Å²) < 4.78 is 13.2. The lowest BCUT2D eigenvalue weighted by molar-refractivity contribution is -0.129. The van der Waals surface area contributed by atoms with Crippen molar-refractivity contribution in [1.82, 2.24) is 4.90 Å². The molecule has 0 radical (unpaired) electrons. The maximum atomic E-state index is 13.2. The molecule has 4 heteroatoms. The van der Waals surface area contributed by atoms with E-state index >= 15 is 0 Å². The number of hydrogen-bond donors (Lipinski definition) is 0. The first-order chi connectivity index (χ1) is 10.1. The molecule has 21 heavy (non-hydrogen) atoms. The van der Waals surface area contributed by atoms with Crippen LogP contribution in [0, 0.1) is 5.82 Å². The van der Waals surface area contributed by atoms with Crippen molar-refractivity contribution in [2.45, 2.75) is 56.1 Å². The molecule has 1 fully saturated rings.